The first-order valence-corrected chi connectivity index (χ1v) is 6.43. The van der Waals surface area contributed by atoms with Gasteiger partial charge in [0.05, 0.1) is 21.7 Å². The van der Waals surface area contributed by atoms with Crippen molar-refractivity contribution in [1.29, 1.82) is 0 Å². The number of hydrogen-bond acceptors (Lipinski definition) is 4. The second kappa shape index (κ2) is 5.92. The Bertz CT molecular complexity index is 698. The number of nitro groups is 1. The highest BCUT2D eigenvalue weighted by Gasteiger charge is 2.19. The molecule has 1 amide bonds. The van der Waals surface area contributed by atoms with Crippen LogP contribution in [0.2, 0.25) is 5.02 Å². The highest BCUT2D eigenvalue weighted by atomic mass is 35.5. The van der Waals surface area contributed by atoms with Gasteiger partial charge in [-0.3, -0.25) is 19.6 Å². The van der Waals surface area contributed by atoms with Crippen LogP contribution in [0.25, 0.3) is 0 Å². The summed E-state index contributed by atoms with van der Waals surface area (Å²) in [6.07, 6.45) is 3.44. The summed E-state index contributed by atoms with van der Waals surface area (Å²) >= 11 is 5.96. The van der Waals surface area contributed by atoms with Crippen LogP contribution in [0.5, 0.6) is 0 Å². The van der Waals surface area contributed by atoms with E-state index in [0.29, 0.717) is 6.54 Å². The van der Waals surface area contributed by atoms with E-state index in [1.807, 2.05) is 0 Å². The molecule has 0 aliphatic rings. The third-order valence-corrected chi connectivity index (χ3v) is 3.25. The Kier molecular flexibility index (Phi) is 4.23. The molecule has 2 aromatic rings. The molecule has 110 valence electrons. The Balaban J connectivity index is 2.22. The highest BCUT2D eigenvalue weighted by molar-refractivity contribution is 6.33. The summed E-state index contributed by atoms with van der Waals surface area (Å²) in [7, 11) is 3.38. The SMILES string of the molecule is CN(Cc1cnn(C)c1)C(=O)c1cc([N+](=O)[O-])ccc1Cl. The molecule has 0 radical (unpaired) electrons. The average molecular weight is 309 g/mol. The molecule has 21 heavy (non-hydrogen) atoms. The van der Waals surface area contributed by atoms with Crippen LogP contribution in [0.15, 0.2) is 30.6 Å². The number of halogens is 1. The summed E-state index contributed by atoms with van der Waals surface area (Å²) in [5.41, 5.74) is 0.796. The van der Waals surface area contributed by atoms with Gasteiger partial charge in [0.25, 0.3) is 11.6 Å². The number of aryl methyl sites for hydroxylation is 1. The number of benzene rings is 1. The Hall–Kier alpha value is -2.41. The molecule has 0 spiro atoms. The second-order valence-electron chi connectivity index (χ2n) is 4.60. The largest absolute Gasteiger partial charge is 0.337 e. The molecule has 1 aromatic carbocycles. The van der Waals surface area contributed by atoms with Crippen LogP contribution in [-0.2, 0) is 13.6 Å². The van der Waals surface area contributed by atoms with Gasteiger partial charge in [-0.05, 0) is 6.07 Å². The predicted octanol–water partition coefficient (Wildman–Crippen LogP) is 2.25. The molecule has 0 atom stereocenters. The van der Waals surface area contributed by atoms with Crippen LogP contribution in [0, 0.1) is 10.1 Å². The number of nitro benzene ring substituents is 1. The Morgan fingerprint density at radius 3 is 2.81 bits per heavy atom. The fourth-order valence-corrected chi connectivity index (χ4v) is 2.09. The summed E-state index contributed by atoms with van der Waals surface area (Å²) in [4.78, 5) is 24.0. The molecule has 1 aromatic heterocycles. The van der Waals surface area contributed by atoms with E-state index in [4.69, 9.17) is 11.6 Å². The van der Waals surface area contributed by atoms with Crippen molar-refractivity contribution in [2.45, 2.75) is 6.54 Å². The summed E-state index contributed by atoms with van der Waals surface area (Å²) in [5.74, 6) is -0.382. The van der Waals surface area contributed by atoms with Gasteiger partial charge < -0.3 is 4.90 Å². The van der Waals surface area contributed by atoms with Crippen molar-refractivity contribution in [2.75, 3.05) is 7.05 Å². The van der Waals surface area contributed by atoms with Crippen LogP contribution >= 0.6 is 11.6 Å². The maximum atomic E-state index is 12.3. The molecule has 0 unspecified atom stereocenters. The van der Waals surface area contributed by atoms with Gasteiger partial charge in [-0.15, -0.1) is 0 Å². The number of carbonyl (C=O) groups is 1. The number of amides is 1. The summed E-state index contributed by atoms with van der Waals surface area (Å²) in [5, 5.41) is 15.0. The molecule has 0 N–H and O–H groups in total. The van der Waals surface area contributed by atoms with Crippen molar-refractivity contribution in [3.05, 3.63) is 56.9 Å². The first-order valence-electron chi connectivity index (χ1n) is 6.05. The normalized spacial score (nSPS) is 10.4. The van der Waals surface area contributed by atoms with Gasteiger partial charge >= 0.3 is 0 Å². The van der Waals surface area contributed by atoms with Gasteiger partial charge in [0.2, 0.25) is 0 Å². The lowest BCUT2D eigenvalue weighted by molar-refractivity contribution is -0.384. The maximum absolute atomic E-state index is 12.3. The van der Waals surface area contributed by atoms with Gasteiger partial charge in [0.1, 0.15) is 0 Å². The van der Waals surface area contributed by atoms with Crippen molar-refractivity contribution in [3.8, 4) is 0 Å². The predicted molar refractivity (Wildman–Crippen MR) is 77.1 cm³/mol. The van der Waals surface area contributed by atoms with Crippen LogP contribution in [0.1, 0.15) is 15.9 Å². The molecule has 0 fully saturated rings. The number of rotatable bonds is 4. The first kappa shape index (κ1) is 15.0. The van der Waals surface area contributed by atoms with E-state index < -0.39 is 4.92 Å². The average Bonchev–Trinajstić information content (AvgIpc) is 2.83. The van der Waals surface area contributed by atoms with Crippen molar-refractivity contribution in [3.63, 3.8) is 0 Å². The minimum Gasteiger partial charge on any atom is -0.337 e. The van der Waals surface area contributed by atoms with Crippen molar-refractivity contribution < 1.29 is 9.72 Å². The van der Waals surface area contributed by atoms with Crippen LogP contribution in [-0.4, -0.2) is 32.6 Å². The number of hydrogen-bond donors (Lipinski definition) is 0. The van der Waals surface area contributed by atoms with Crippen LogP contribution in [0.4, 0.5) is 5.69 Å². The third kappa shape index (κ3) is 3.38. The van der Waals surface area contributed by atoms with Gasteiger partial charge in [0.15, 0.2) is 0 Å². The molecule has 0 aliphatic heterocycles. The van der Waals surface area contributed by atoms with E-state index in [1.165, 1.54) is 23.1 Å². The minimum atomic E-state index is -0.561. The number of aromatic nitrogens is 2. The number of non-ortho nitro benzene ring substituents is 1. The quantitative estimate of drug-likeness (QED) is 0.641. The zero-order chi connectivity index (χ0) is 15.6. The molecule has 1 heterocycles. The fourth-order valence-electron chi connectivity index (χ4n) is 1.90. The zero-order valence-electron chi connectivity index (χ0n) is 11.5. The molecular formula is C13H13ClN4O3. The lowest BCUT2D eigenvalue weighted by Crippen LogP contribution is -2.26. The minimum absolute atomic E-state index is 0.109. The van der Waals surface area contributed by atoms with Crippen molar-refractivity contribution in [1.82, 2.24) is 14.7 Å². The van der Waals surface area contributed by atoms with E-state index >= 15 is 0 Å². The summed E-state index contributed by atoms with van der Waals surface area (Å²) in [6, 6.07) is 3.80. The fraction of sp³-hybridized carbons (Fsp3) is 0.231. The lowest BCUT2D eigenvalue weighted by atomic mass is 10.1. The lowest BCUT2D eigenvalue weighted by Gasteiger charge is -2.16. The van der Waals surface area contributed by atoms with Gasteiger partial charge in [0, 0.05) is 44.5 Å². The van der Waals surface area contributed by atoms with Gasteiger partial charge in [-0.1, -0.05) is 11.6 Å². The van der Waals surface area contributed by atoms with Crippen LogP contribution < -0.4 is 0 Å². The van der Waals surface area contributed by atoms with Gasteiger partial charge in [-0.2, -0.15) is 5.10 Å². The van der Waals surface area contributed by atoms with E-state index in [1.54, 1.807) is 31.2 Å². The Morgan fingerprint density at radius 2 is 2.24 bits per heavy atom. The molecule has 0 aliphatic carbocycles. The third-order valence-electron chi connectivity index (χ3n) is 2.92. The second-order valence-corrected chi connectivity index (χ2v) is 5.01. The van der Waals surface area contributed by atoms with E-state index in [-0.39, 0.29) is 22.2 Å². The smallest absolute Gasteiger partial charge is 0.270 e. The van der Waals surface area contributed by atoms with E-state index in [9.17, 15) is 14.9 Å². The molecular weight excluding hydrogens is 296 g/mol. The van der Waals surface area contributed by atoms with E-state index in [0.717, 1.165) is 5.56 Å². The van der Waals surface area contributed by atoms with Crippen molar-refractivity contribution >= 4 is 23.2 Å². The zero-order valence-corrected chi connectivity index (χ0v) is 12.2. The topological polar surface area (TPSA) is 81.3 Å². The van der Waals surface area contributed by atoms with E-state index in [2.05, 4.69) is 5.10 Å². The number of nitrogens with zero attached hydrogens (tertiary/aromatic N) is 4. The monoisotopic (exact) mass is 308 g/mol. The molecule has 8 heteroatoms. The van der Waals surface area contributed by atoms with Gasteiger partial charge in [-0.25, -0.2) is 0 Å². The molecule has 0 saturated heterocycles. The summed E-state index contributed by atoms with van der Waals surface area (Å²) in [6.45, 7) is 0.339. The maximum Gasteiger partial charge on any atom is 0.270 e. The van der Waals surface area contributed by atoms with Crippen molar-refractivity contribution in [2.24, 2.45) is 7.05 Å². The molecule has 2 rings (SSSR count). The first-order chi connectivity index (χ1) is 9.88. The Morgan fingerprint density at radius 1 is 1.52 bits per heavy atom. The standard InChI is InChI=1S/C13H13ClN4O3/c1-16(7-9-6-15-17(2)8-9)13(19)11-5-10(18(20)21)3-4-12(11)14/h3-6,8H,7H2,1-2H3. The highest BCUT2D eigenvalue weighted by Crippen LogP contribution is 2.23. The molecule has 7 nitrogen and oxygen atoms in total. The Labute approximate surface area is 125 Å². The molecule has 0 bridgehead atoms. The molecule has 0 saturated carbocycles. The number of carbonyl (C=O) groups excluding carboxylic acids is 1. The summed E-state index contributed by atoms with van der Waals surface area (Å²) < 4.78 is 1.63. The van der Waals surface area contributed by atoms with Crippen LogP contribution in [0.3, 0.4) is 0 Å².